The van der Waals surface area contributed by atoms with Gasteiger partial charge in [0.1, 0.15) is 0 Å². The maximum absolute atomic E-state index is 11.0. The quantitative estimate of drug-likeness (QED) is 0.143. The van der Waals surface area contributed by atoms with E-state index in [2.05, 4.69) is 24.1 Å². The van der Waals surface area contributed by atoms with Crippen molar-refractivity contribution in [2.24, 2.45) is 4.99 Å². The van der Waals surface area contributed by atoms with Gasteiger partial charge in [0.25, 0.3) is 0 Å². The Morgan fingerprint density at radius 3 is 2.37 bits per heavy atom. The number of hydrogen-bond donors (Lipinski definition) is 1. The molecule has 0 unspecified atom stereocenters. The summed E-state index contributed by atoms with van der Waals surface area (Å²) >= 11 is 0. The summed E-state index contributed by atoms with van der Waals surface area (Å²) in [6.45, 7) is 2.64. The smallest absolute Gasteiger partial charge is 0.859 e. The summed E-state index contributed by atoms with van der Waals surface area (Å²) in [7, 11) is 0. The summed E-state index contributed by atoms with van der Waals surface area (Å²) in [4.78, 5) is 13.9. The molecule has 0 aromatic rings. The molecule has 0 spiro atoms. The van der Waals surface area contributed by atoms with Gasteiger partial charge >= 0.3 is 35.5 Å². The average molecular weight is 275 g/mol. The standard InChI is InChI=1S/C14H23NO3.Na/c1-2-3-4-5-6-7-8-9-12-15-13(16)10-11-14(17)18;/h5-6,10-11H,2-4,7-9,12H2,1H3,(H,15,16)(H,17,18);/q;+1/p-1/b6-5+,11-10+;. The molecule has 4 nitrogen and oxygen atoms in total. The Bertz CT molecular complexity index is 312. The number of carboxylic acids is 1. The zero-order valence-electron chi connectivity index (χ0n) is 12.0. The minimum atomic E-state index is -1.13. The summed E-state index contributed by atoms with van der Waals surface area (Å²) in [6, 6.07) is 0. The fourth-order valence-corrected chi connectivity index (χ4v) is 1.32. The Morgan fingerprint density at radius 1 is 1.16 bits per heavy atom. The van der Waals surface area contributed by atoms with Crippen molar-refractivity contribution < 1.29 is 44.6 Å². The fourth-order valence-electron chi connectivity index (χ4n) is 1.32. The summed E-state index contributed by atoms with van der Waals surface area (Å²) in [6.07, 6.45) is 12.6. The van der Waals surface area contributed by atoms with E-state index < -0.39 is 11.9 Å². The van der Waals surface area contributed by atoms with Gasteiger partial charge in [0.2, 0.25) is 0 Å². The first-order chi connectivity index (χ1) is 8.66. The molecule has 0 aromatic carbocycles. The van der Waals surface area contributed by atoms with Crippen LogP contribution in [0.15, 0.2) is 29.3 Å². The van der Waals surface area contributed by atoms with Gasteiger partial charge in [0.05, 0.1) is 0 Å². The minimum Gasteiger partial charge on any atom is -0.859 e. The third kappa shape index (κ3) is 17.4. The number of nitrogens with zero attached hydrogens (tertiary/aromatic N) is 1. The van der Waals surface area contributed by atoms with Crippen molar-refractivity contribution in [3.05, 3.63) is 24.3 Å². The van der Waals surface area contributed by atoms with Crippen LogP contribution in [0.5, 0.6) is 0 Å². The van der Waals surface area contributed by atoms with Crippen LogP contribution in [0, 0.1) is 0 Å². The molecule has 0 saturated heterocycles. The molecule has 0 radical (unpaired) electrons. The van der Waals surface area contributed by atoms with Crippen molar-refractivity contribution >= 4 is 11.9 Å². The van der Waals surface area contributed by atoms with Crippen molar-refractivity contribution in [2.75, 3.05) is 6.54 Å². The van der Waals surface area contributed by atoms with Gasteiger partial charge in [-0.05, 0) is 37.7 Å². The SMILES string of the molecule is CCCC/C=C/CCCCN=C([O-])/C=C/C(=O)O.[Na+]. The third-order valence-electron chi connectivity index (χ3n) is 2.31. The molecule has 0 aliphatic heterocycles. The van der Waals surface area contributed by atoms with Gasteiger partial charge in [-0.1, -0.05) is 31.9 Å². The Hall–Kier alpha value is -0.580. The van der Waals surface area contributed by atoms with Gasteiger partial charge in [-0.25, -0.2) is 4.79 Å². The summed E-state index contributed by atoms with van der Waals surface area (Å²) < 4.78 is 0. The van der Waals surface area contributed by atoms with Crippen molar-refractivity contribution in [1.29, 1.82) is 0 Å². The topological polar surface area (TPSA) is 72.7 Å². The molecule has 0 amide bonds. The number of allylic oxidation sites excluding steroid dienone is 2. The largest absolute Gasteiger partial charge is 1.00 e. The van der Waals surface area contributed by atoms with Crippen LogP contribution >= 0.6 is 0 Å². The van der Waals surface area contributed by atoms with Gasteiger partial charge < -0.3 is 15.2 Å². The van der Waals surface area contributed by atoms with E-state index in [-0.39, 0.29) is 29.6 Å². The van der Waals surface area contributed by atoms with Crippen LogP contribution in [0.3, 0.4) is 0 Å². The summed E-state index contributed by atoms with van der Waals surface area (Å²) in [5.74, 6) is -1.60. The number of carboxylic acid groups (broad SMARTS) is 1. The first-order valence-electron chi connectivity index (χ1n) is 6.44. The molecule has 0 rings (SSSR count). The van der Waals surface area contributed by atoms with E-state index in [1.807, 2.05) is 0 Å². The summed E-state index contributed by atoms with van der Waals surface area (Å²) in [5, 5.41) is 19.3. The zero-order chi connectivity index (χ0) is 13.6. The fraction of sp³-hybridized carbons (Fsp3) is 0.571. The van der Waals surface area contributed by atoms with Gasteiger partial charge in [0, 0.05) is 12.6 Å². The van der Waals surface area contributed by atoms with E-state index in [4.69, 9.17) is 5.11 Å². The van der Waals surface area contributed by atoms with E-state index >= 15 is 0 Å². The van der Waals surface area contributed by atoms with Crippen molar-refractivity contribution in [2.45, 2.75) is 45.4 Å². The van der Waals surface area contributed by atoms with Crippen LogP contribution in [0.4, 0.5) is 0 Å². The normalized spacial score (nSPS) is 11.9. The molecule has 0 atom stereocenters. The van der Waals surface area contributed by atoms with E-state index in [0.717, 1.165) is 37.8 Å². The molecule has 5 heteroatoms. The van der Waals surface area contributed by atoms with E-state index in [1.165, 1.54) is 12.8 Å². The average Bonchev–Trinajstić information content (AvgIpc) is 2.34. The van der Waals surface area contributed by atoms with Crippen LogP contribution in [0.25, 0.3) is 0 Å². The molecule has 1 N–H and O–H groups in total. The third-order valence-corrected chi connectivity index (χ3v) is 2.31. The second kappa shape index (κ2) is 15.5. The van der Waals surface area contributed by atoms with Crippen LogP contribution in [0.2, 0.25) is 0 Å². The first-order valence-corrected chi connectivity index (χ1v) is 6.44. The Balaban J connectivity index is 0. The Kier molecular flexibility index (Phi) is 16.9. The first kappa shape index (κ1) is 20.7. The molecule has 102 valence electrons. The minimum absolute atomic E-state index is 0. The van der Waals surface area contributed by atoms with E-state index in [1.54, 1.807) is 0 Å². The van der Waals surface area contributed by atoms with Gasteiger partial charge in [-0.2, -0.15) is 0 Å². The van der Waals surface area contributed by atoms with Crippen molar-refractivity contribution in [3.8, 4) is 0 Å². The number of aliphatic carboxylic acids is 1. The van der Waals surface area contributed by atoms with Crippen LogP contribution in [-0.4, -0.2) is 23.5 Å². The number of aliphatic imine (C=N–C) groups is 1. The number of unbranched alkanes of at least 4 members (excludes halogenated alkanes) is 4. The maximum atomic E-state index is 11.0. The zero-order valence-corrected chi connectivity index (χ0v) is 14.0. The Labute approximate surface area is 137 Å². The predicted octanol–water partition coefficient (Wildman–Crippen LogP) is -0.693. The maximum Gasteiger partial charge on any atom is 1.00 e. The monoisotopic (exact) mass is 275 g/mol. The molecule has 0 saturated carbocycles. The molecule has 0 fully saturated rings. The Morgan fingerprint density at radius 2 is 1.79 bits per heavy atom. The molecular weight excluding hydrogens is 253 g/mol. The number of carbonyl (C=O) groups is 1. The van der Waals surface area contributed by atoms with Crippen molar-refractivity contribution in [3.63, 3.8) is 0 Å². The molecule has 19 heavy (non-hydrogen) atoms. The second-order valence-electron chi connectivity index (χ2n) is 4.00. The van der Waals surface area contributed by atoms with Crippen molar-refractivity contribution in [1.82, 2.24) is 0 Å². The van der Waals surface area contributed by atoms with E-state index in [9.17, 15) is 9.90 Å². The van der Waals surface area contributed by atoms with E-state index in [0.29, 0.717) is 6.54 Å². The number of hydrogen-bond acceptors (Lipinski definition) is 3. The second-order valence-corrected chi connectivity index (χ2v) is 4.00. The molecule has 0 aliphatic rings. The summed E-state index contributed by atoms with van der Waals surface area (Å²) in [5.41, 5.74) is 0. The molecular formula is C14H22NNaO3. The van der Waals surface area contributed by atoms with Crippen LogP contribution in [0.1, 0.15) is 45.4 Å². The predicted molar refractivity (Wildman–Crippen MR) is 71.6 cm³/mol. The molecule has 0 aliphatic carbocycles. The molecule has 0 aromatic heterocycles. The molecule has 0 bridgehead atoms. The van der Waals surface area contributed by atoms with Crippen LogP contribution < -0.4 is 34.7 Å². The van der Waals surface area contributed by atoms with Crippen LogP contribution in [-0.2, 0) is 4.79 Å². The van der Waals surface area contributed by atoms with Gasteiger partial charge in [-0.15, -0.1) is 0 Å². The van der Waals surface area contributed by atoms with Gasteiger partial charge in [-0.3, -0.25) is 0 Å². The number of rotatable bonds is 10. The van der Waals surface area contributed by atoms with Gasteiger partial charge in [0.15, 0.2) is 0 Å². The molecule has 0 heterocycles.